The highest BCUT2D eigenvalue weighted by Crippen LogP contribution is 2.18. The van der Waals surface area contributed by atoms with Crippen LogP contribution >= 0.6 is 0 Å². The molecule has 0 saturated carbocycles. The molecule has 1 aromatic carbocycles. The van der Waals surface area contributed by atoms with Crippen molar-refractivity contribution in [3.05, 3.63) is 30.5 Å². The summed E-state index contributed by atoms with van der Waals surface area (Å²) in [5.74, 6) is 0. The van der Waals surface area contributed by atoms with Gasteiger partial charge in [0.15, 0.2) is 0 Å². The molecule has 2 aromatic rings. The molecule has 0 atom stereocenters. The van der Waals surface area contributed by atoms with E-state index in [-0.39, 0.29) is 12.1 Å². The van der Waals surface area contributed by atoms with Crippen LogP contribution in [-0.2, 0) is 11.3 Å². The predicted molar refractivity (Wildman–Crippen MR) is 84.1 cm³/mol. The molecule has 0 radical (unpaired) electrons. The topological polar surface area (TPSA) is 95.1 Å². The van der Waals surface area contributed by atoms with Gasteiger partial charge in [-0.05, 0) is 32.9 Å². The third kappa shape index (κ3) is 4.76. The molecule has 0 unspecified atom stereocenters. The van der Waals surface area contributed by atoms with Crippen molar-refractivity contribution >= 4 is 11.8 Å². The Balaban J connectivity index is 1.87. The fourth-order valence-corrected chi connectivity index (χ4v) is 1.81. The molecule has 0 aliphatic rings. The lowest BCUT2D eigenvalue weighted by atomic mass is 10.1. The SMILES string of the molecule is CC(C)(C)NC(=O)OCCn1cc(-c2cccc(N)c2)nn1. The zero-order valence-electron chi connectivity index (χ0n) is 13.0. The Morgan fingerprint density at radius 1 is 1.41 bits per heavy atom. The third-order valence-corrected chi connectivity index (χ3v) is 2.75. The van der Waals surface area contributed by atoms with E-state index in [1.165, 1.54) is 0 Å². The first-order valence-corrected chi connectivity index (χ1v) is 7.04. The zero-order chi connectivity index (χ0) is 16.2. The molecule has 22 heavy (non-hydrogen) atoms. The maximum Gasteiger partial charge on any atom is 0.407 e. The largest absolute Gasteiger partial charge is 0.448 e. The summed E-state index contributed by atoms with van der Waals surface area (Å²) in [6, 6.07) is 7.43. The summed E-state index contributed by atoms with van der Waals surface area (Å²) < 4.78 is 6.73. The maximum absolute atomic E-state index is 11.5. The number of rotatable bonds is 4. The first kappa shape index (κ1) is 15.8. The average molecular weight is 303 g/mol. The van der Waals surface area contributed by atoms with Gasteiger partial charge in [0.1, 0.15) is 12.3 Å². The van der Waals surface area contributed by atoms with Crippen LogP contribution in [0, 0.1) is 0 Å². The second kappa shape index (κ2) is 6.46. The Morgan fingerprint density at radius 3 is 2.86 bits per heavy atom. The van der Waals surface area contributed by atoms with E-state index >= 15 is 0 Å². The number of carbonyl (C=O) groups excluding carboxylic acids is 1. The smallest absolute Gasteiger partial charge is 0.407 e. The fraction of sp³-hybridized carbons (Fsp3) is 0.400. The molecule has 0 saturated heterocycles. The number of amides is 1. The summed E-state index contributed by atoms with van der Waals surface area (Å²) >= 11 is 0. The van der Waals surface area contributed by atoms with Crippen LogP contribution in [0.15, 0.2) is 30.5 Å². The number of nitrogens with one attached hydrogen (secondary N) is 1. The number of hydrogen-bond donors (Lipinski definition) is 2. The zero-order valence-corrected chi connectivity index (χ0v) is 13.0. The van der Waals surface area contributed by atoms with Crippen molar-refractivity contribution in [3.63, 3.8) is 0 Å². The number of aromatic nitrogens is 3. The van der Waals surface area contributed by atoms with Gasteiger partial charge in [-0.3, -0.25) is 0 Å². The van der Waals surface area contributed by atoms with Gasteiger partial charge in [-0.15, -0.1) is 5.10 Å². The van der Waals surface area contributed by atoms with E-state index in [0.29, 0.717) is 12.2 Å². The lowest BCUT2D eigenvalue weighted by molar-refractivity contribution is 0.132. The summed E-state index contributed by atoms with van der Waals surface area (Å²) in [5.41, 5.74) is 7.74. The van der Waals surface area contributed by atoms with Gasteiger partial charge >= 0.3 is 6.09 Å². The Morgan fingerprint density at radius 2 is 2.18 bits per heavy atom. The molecule has 0 spiro atoms. The molecule has 1 amide bonds. The third-order valence-electron chi connectivity index (χ3n) is 2.75. The van der Waals surface area contributed by atoms with E-state index in [4.69, 9.17) is 10.5 Å². The predicted octanol–water partition coefficient (Wildman–Crippen LogP) is 2.05. The van der Waals surface area contributed by atoms with Crippen LogP contribution in [0.1, 0.15) is 20.8 Å². The van der Waals surface area contributed by atoms with Gasteiger partial charge in [-0.2, -0.15) is 0 Å². The number of nitrogens with zero attached hydrogens (tertiary/aromatic N) is 3. The van der Waals surface area contributed by atoms with Gasteiger partial charge in [0.25, 0.3) is 0 Å². The van der Waals surface area contributed by atoms with Crippen molar-refractivity contribution in [2.45, 2.75) is 32.9 Å². The first-order valence-electron chi connectivity index (χ1n) is 7.04. The fourth-order valence-electron chi connectivity index (χ4n) is 1.81. The quantitative estimate of drug-likeness (QED) is 0.843. The molecule has 0 bridgehead atoms. The highest BCUT2D eigenvalue weighted by molar-refractivity contribution is 5.68. The normalized spacial score (nSPS) is 11.2. The summed E-state index contributed by atoms with van der Waals surface area (Å²) in [4.78, 5) is 11.5. The highest BCUT2D eigenvalue weighted by atomic mass is 16.5. The molecule has 1 heterocycles. The Kier molecular flexibility index (Phi) is 4.65. The van der Waals surface area contributed by atoms with E-state index in [0.717, 1.165) is 11.3 Å². The number of nitrogens with two attached hydrogens (primary N) is 1. The van der Waals surface area contributed by atoms with Crippen molar-refractivity contribution < 1.29 is 9.53 Å². The van der Waals surface area contributed by atoms with Crippen molar-refractivity contribution in [2.75, 3.05) is 12.3 Å². The summed E-state index contributed by atoms with van der Waals surface area (Å²) in [6.07, 6.45) is 1.35. The van der Waals surface area contributed by atoms with Gasteiger partial charge in [-0.1, -0.05) is 17.3 Å². The standard InChI is InChI=1S/C15H21N5O2/c1-15(2,3)17-14(21)22-8-7-20-10-13(18-19-20)11-5-4-6-12(16)9-11/h4-6,9-10H,7-8,16H2,1-3H3,(H,17,21). The van der Waals surface area contributed by atoms with E-state index < -0.39 is 6.09 Å². The molecule has 7 nitrogen and oxygen atoms in total. The maximum atomic E-state index is 11.5. The van der Waals surface area contributed by atoms with Crippen LogP contribution in [0.25, 0.3) is 11.3 Å². The highest BCUT2D eigenvalue weighted by Gasteiger charge is 2.14. The van der Waals surface area contributed by atoms with Crippen LogP contribution < -0.4 is 11.1 Å². The van der Waals surface area contributed by atoms with E-state index in [2.05, 4.69) is 15.6 Å². The van der Waals surface area contributed by atoms with Gasteiger partial charge in [-0.25, -0.2) is 9.48 Å². The van der Waals surface area contributed by atoms with Crippen molar-refractivity contribution in [1.82, 2.24) is 20.3 Å². The van der Waals surface area contributed by atoms with Crippen LogP contribution in [0.5, 0.6) is 0 Å². The molecule has 7 heteroatoms. The summed E-state index contributed by atoms with van der Waals surface area (Å²) in [7, 11) is 0. The molecule has 2 rings (SSSR count). The van der Waals surface area contributed by atoms with Gasteiger partial charge in [0, 0.05) is 16.8 Å². The molecular weight excluding hydrogens is 282 g/mol. The van der Waals surface area contributed by atoms with E-state index in [1.807, 2.05) is 45.0 Å². The Labute approximate surface area is 129 Å². The van der Waals surface area contributed by atoms with Crippen LogP contribution in [-0.4, -0.2) is 33.2 Å². The Bertz CT molecular complexity index is 645. The van der Waals surface area contributed by atoms with Crippen molar-refractivity contribution in [1.29, 1.82) is 0 Å². The molecule has 118 valence electrons. The number of benzene rings is 1. The molecule has 0 aliphatic heterocycles. The average Bonchev–Trinajstić information content (AvgIpc) is 2.85. The van der Waals surface area contributed by atoms with E-state index in [9.17, 15) is 4.79 Å². The van der Waals surface area contributed by atoms with Gasteiger partial charge in [0.05, 0.1) is 12.7 Å². The summed E-state index contributed by atoms with van der Waals surface area (Å²) in [5, 5.41) is 10.8. The van der Waals surface area contributed by atoms with Gasteiger partial charge in [0.2, 0.25) is 0 Å². The van der Waals surface area contributed by atoms with Crippen LogP contribution in [0.4, 0.5) is 10.5 Å². The number of anilines is 1. The van der Waals surface area contributed by atoms with Crippen LogP contribution in [0.3, 0.4) is 0 Å². The number of carbonyl (C=O) groups is 1. The monoisotopic (exact) mass is 303 g/mol. The lowest BCUT2D eigenvalue weighted by Gasteiger charge is -2.19. The molecule has 3 N–H and O–H groups in total. The molecule has 1 aromatic heterocycles. The molecule has 0 aliphatic carbocycles. The number of hydrogen-bond acceptors (Lipinski definition) is 5. The Hall–Kier alpha value is -2.57. The van der Waals surface area contributed by atoms with Crippen molar-refractivity contribution in [3.8, 4) is 11.3 Å². The van der Waals surface area contributed by atoms with Crippen LogP contribution in [0.2, 0.25) is 0 Å². The molecular formula is C15H21N5O2. The molecule has 0 fully saturated rings. The van der Waals surface area contributed by atoms with Gasteiger partial charge < -0.3 is 15.8 Å². The minimum Gasteiger partial charge on any atom is -0.448 e. The number of ether oxygens (including phenoxy) is 1. The van der Waals surface area contributed by atoms with Crippen molar-refractivity contribution in [2.24, 2.45) is 0 Å². The number of alkyl carbamates (subject to hydrolysis) is 1. The minimum absolute atomic E-state index is 0.224. The summed E-state index contributed by atoms with van der Waals surface area (Å²) in [6.45, 7) is 6.34. The second-order valence-electron chi connectivity index (χ2n) is 6.00. The lowest BCUT2D eigenvalue weighted by Crippen LogP contribution is -2.41. The second-order valence-corrected chi connectivity index (χ2v) is 6.00. The number of nitrogen functional groups attached to an aromatic ring is 1. The van der Waals surface area contributed by atoms with E-state index in [1.54, 1.807) is 10.9 Å². The first-order chi connectivity index (χ1) is 10.3. The minimum atomic E-state index is -0.441.